The molecule has 1 fully saturated rings. The summed E-state index contributed by atoms with van der Waals surface area (Å²) in [6, 6.07) is 9.98. The van der Waals surface area contributed by atoms with E-state index in [0.29, 0.717) is 47.2 Å². The van der Waals surface area contributed by atoms with E-state index < -0.39 is 12.2 Å². The minimum atomic E-state index is -0.697. The first-order valence-electron chi connectivity index (χ1n) is 13.1. The van der Waals surface area contributed by atoms with Gasteiger partial charge in [-0.05, 0) is 69.8 Å². The van der Waals surface area contributed by atoms with Crippen LogP contribution in [-0.4, -0.2) is 110 Å². The van der Waals surface area contributed by atoms with Gasteiger partial charge in [-0.25, -0.2) is 0 Å². The molecule has 1 aliphatic rings. The standard InChI is InChI=1S/C29H40N2O8/c1-20(32)22-6-8-26(28(14-22)36-3)38-18-24(34)16-30-10-5-11-31(13-12-30)17-25(35)19-39-27-9-7-23(21(2)33)15-29(27)37-4/h6-9,14-15,24-25,34-35H,5,10-13,16-19H2,1-4H3/t24-,25+. The number of Topliss-reactive ketones (excluding diaryl/α,β-unsaturated/α-hetero) is 2. The zero-order valence-electron chi connectivity index (χ0n) is 23.2. The van der Waals surface area contributed by atoms with Crippen molar-refractivity contribution in [1.82, 2.24) is 9.80 Å². The van der Waals surface area contributed by atoms with Crippen molar-refractivity contribution >= 4 is 11.6 Å². The van der Waals surface area contributed by atoms with E-state index in [9.17, 15) is 19.8 Å². The number of aliphatic hydroxyl groups excluding tert-OH is 2. The molecule has 0 radical (unpaired) electrons. The van der Waals surface area contributed by atoms with Gasteiger partial charge >= 0.3 is 0 Å². The molecular weight excluding hydrogens is 504 g/mol. The average molecular weight is 545 g/mol. The Morgan fingerprint density at radius 3 is 1.49 bits per heavy atom. The molecule has 1 aliphatic heterocycles. The van der Waals surface area contributed by atoms with Crippen LogP contribution in [0.4, 0.5) is 0 Å². The van der Waals surface area contributed by atoms with E-state index in [1.165, 1.54) is 28.1 Å². The maximum atomic E-state index is 11.6. The van der Waals surface area contributed by atoms with Crippen molar-refractivity contribution in [2.24, 2.45) is 0 Å². The number of benzene rings is 2. The molecule has 0 unspecified atom stereocenters. The van der Waals surface area contributed by atoms with Gasteiger partial charge in [-0.3, -0.25) is 19.4 Å². The van der Waals surface area contributed by atoms with Gasteiger partial charge in [-0.15, -0.1) is 0 Å². The summed E-state index contributed by atoms with van der Waals surface area (Å²) in [5, 5.41) is 21.2. The number of ketones is 2. The Labute approximate surface area is 230 Å². The van der Waals surface area contributed by atoms with E-state index in [1.807, 2.05) is 0 Å². The van der Waals surface area contributed by atoms with Gasteiger partial charge in [-0.2, -0.15) is 0 Å². The number of hydrogen-bond donors (Lipinski definition) is 2. The van der Waals surface area contributed by atoms with Gasteiger partial charge in [0.05, 0.1) is 14.2 Å². The Balaban J connectivity index is 1.42. The first-order chi connectivity index (χ1) is 18.7. The Kier molecular flexibility index (Phi) is 11.5. The van der Waals surface area contributed by atoms with Gasteiger partial charge in [0, 0.05) is 37.3 Å². The molecule has 1 heterocycles. The van der Waals surface area contributed by atoms with E-state index in [1.54, 1.807) is 36.4 Å². The molecule has 214 valence electrons. The number of nitrogens with zero attached hydrogens (tertiary/aromatic N) is 2. The number of methoxy groups -OCH3 is 2. The fourth-order valence-corrected chi connectivity index (χ4v) is 4.47. The van der Waals surface area contributed by atoms with Gasteiger partial charge in [0.15, 0.2) is 34.6 Å². The summed E-state index contributed by atoms with van der Waals surface area (Å²) in [6.45, 7) is 7.27. The van der Waals surface area contributed by atoms with Crippen LogP contribution >= 0.6 is 0 Å². The Hall–Kier alpha value is -3.18. The molecule has 0 bridgehead atoms. The fourth-order valence-electron chi connectivity index (χ4n) is 4.47. The quantitative estimate of drug-likeness (QED) is 0.343. The molecule has 3 rings (SSSR count). The second-order valence-corrected chi connectivity index (χ2v) is 9.73. The van der Waals surface area contributed by atoms with E-state index >= 15 is 0 Å². The number of β-amino-alcohol motifs (C(OH)–C–C–N with tert-alkyl or cyclic N) is 2. The fraction of sp³-hybridized carbons (Fsp3) is 0.517. The molecular formula is C29H40N2O8. The van der Waals surface area contributed by atoms with Crippen molar-refractivity contribution in [2.75, 3.05) is 66.7 Å². The number of rotatable bonds is 14. The Morgan fingerprint density at radius 2 is 1.13 bits per heavy atom. The topological polar surface area (TPSA) is 118 Å². The maximum Gasteiger partial charge on any atom is 0.161 e. The zero-order chi connectivity index (χ0) is 28.4. The molecule has 0 aromatic heterocycles. The third kappa shape index (κ3) is 9.21. The highest BCUT2D eigenvalue weighted by molar-refractivity contribution is 5.95. The molecule has 0 saturated carbocycles. The molecule has 39 heavy (non-hydrogen) atoms. The summed E-state index contributed by atoms with van der Waals surface area (Å²) >= 11 is 0. The predicted octanol–water partition coefficient (Wildman–Crippen LogP) is 2.30. The highest BCUT2D eigenvalue weighted by atomic mass is 16.5. The Morgan fingerprint density at radius 1 is 0.718 bits per heavy atom. The molecule has 10 nitrogen and oxygen atoms in total. The van der Waals surface area contributed by atoms with E-state index in [-0.39, 0.29) is 24.8 Å². The number of hydrogen-bond acceptors (Lipinski definition) is 10. The predicted molar refractivity (Wildman–Crippen MR) is 146 cm³/mol. The van der Waals surface area contributed by atoms with Crippen molar-refractivity contribution in [1.29, 1.82) is 0 Å². The molecule has 0 amide bonds. The van der Waals surface area contributed by atoms with Crippen LogP contribution in [0.25, 0.3) is 0 Å². The van der Waals surface area contributed by atoms with Crippen LogP contribution < -0.4 is 18.9 Å². The summed E-state index contributed by atoms with van der Waals surface area (Å²) in [7, 11) is 3.02. The van der Waals surface area contributed by atoms with Gasteiger partial charge in [-0.1, -0.05) is 0 Å². The normalized spacial score (nSPS) is 16.2. The van der Waals surface area contributed by atoms with E-state index in [2.05, 4.69) is 9.80 Å². The maximum absolute atomic E-state index is 11.6. The number of ether oxygens (including phenoxy) is 4. The summed E-state index contributed by atoms with van der Waals surface area (Å²) in [5.74, 6) is 1.75. The van der Waals surface area contributed by atoms with Crippen molar-refractivity contribution in [3.8, 4) is 23.0 Å². The van der Waals surface area contributed by atoms with Crippen LogP contribution in [0.2, 0.25) is 0 Å². The third-order valence-electron chi connectivity index (χ3n) is 6.62. The van der Waals surface area contributed by atoms with Gasteiger partial charge in [0.25, 0.3) is 0 Å². The molecule has 2 aromatic rings. The summed E-state index contributed by atoms with van der Waals surface area (Å²) in [4.78, 5) is 27.6. The number of aliphatic hydroxyl groups is 2. The highest BCUT2D eigenvalue weighted by Gasteiger charge is 2.21. The molecule has 10 heteroatoms. The first kappa shape index (κ1) is 30.4. The molecule has 0 spiro atoms. The first-order valence-corrected chi connectivity index (χ1v) is 13.1. The van der Waals surface area contributed by atoms with Gasteiger partial charge < -0.3 is 29.2 Å². The monoisotopic (exact) mass is 544 g/mol. The van der Waals surface area contributed by atoms with Crippen LogP contribution in [0, 0.1) is 0 Å². The van der Waals surface area contributed by atoms with Crippen LogP contribution in [0.15, 0.2) is 36.4 Å². The van der Waals surface area contributed by atoms with E-state index in [4.69, 9.17) is 18.9 Å². The molecule has 1 saturated heterocycles. The van der Waals surface area contributed by atoms with E-state index in [0.717, 1.165) is 32.6 Å². The van der Waals surface area contributed by atoms with Gasteiger partial charge in [0.2, 0.25) is 0 Å². The molecule has 2 atom stereocenters. The SMILES string of the molecule is COc1cc(C(C)=O)ccc1OC[C@@H](O)CN1CCCN(C[C@@H](O)COc2ccc(C(C)=O)cc2OC)CC1. The van der Waals surface area contributed by atoms with Crippen molar-refractivity contribution in [2.45, 2.75) is 32.5 Å². The van der Waals surface area contributed by atoms with Crippen LogP contribution in [0.5, 0.6) is 23.0 Å². The van der Waals surface area contributed by atoms with Crippen LogP contribution in [0.1, 0.15) is 41.0 Å². The lowest BCUT2D eigenvalue weighted by Crippen LogP contribution is -2.40. The van der Waals surface area contributed by atoms with Crippen LogP contribution in [0.3, 0.4) is 0 Å². The zero-order valence-corrected chi connectivity index (χ0v) is 23.2. The number of carbonyl (C=O) groups is 2. The second kappa shape index (κ2) is 14.8. The van der Waals surface area contributed by atoms with Gasteiger partial charge in [0.1, 0.15) is 25.4 Å². The lowest BCUT2D eigenvalue weighted by atomic mass is 10.1. The largest absolute Gasteiger partial charge is 0.493 e. The van der Waals surface area contributed by atoms with Crippen LogP contribution in [-0.2, 0) is 0 Å². The minimum absolute atomic E-state index is 0.0594. The smallest absolute Gasteiger partial charge is 0.161 e. The lowest BCUT2D eigenvalue weighted by Gasteiger charge is -2.25. The molecule has 2 N–H and O–H groups in total. The highest BCUT2D eigenvalue weighted by Crippen LogP contribution is 2.29. The minimum Gasteiger partial charge on any atom is -0.493 e. The molecule has 0 aliphatic carbocycles. The molecule has 2 aromatic carbocycles. The third-order valence-corrected chi connectivity index (χ3v) is 6.62. The average Bonchev–Trinajstić information content (AvgIpc) is 3.14. The summed E-state index contributed by atoms with van der Waals surface area (Å²) < 4.78 is 22.2. The van der Waals surface area contributed by atoms with Crippen molar-refractivity contribution < 1.29 is 38.7 Å². The van der Waals surface area contributed by atoms with Crippen molar-refractivity contribution in [3.63, 3.8) is 0 Å². The summed E-state index contributed by atoms with van der Waals surface area (Å²) in [6.07, 6.45) is -0.490. The lowest BCUT2D eigenvalue weighted by molar-refractivity contribution is 0.0608. The Bertz CT molecular complexity index is 1020. The summed E-state index contributed by atoms with van der Waals surface area (Å²) in [5.41, 5.74) is 1.07. The van der Waals surface area contributed by atoms with Crippen molar-refractivity contribution in [3.05, 3.63) is 47.5 Å². The second-order valence-electron chi connectivity index (χ2n) is 9.73. The number of carbonyl (C=O) groups excluding carboxylic acids is 2.